The molecule has 0 unspecified atom stereocenters. The van der Waals surface area contributed by atoms with Gasteiger partial charge in [0, 0.05) is 18.3 Å². The van der Waals surface area contributed by atoms with Crippen LogP contribution in [0.4, 0.5) is 19.1 Å². The van der Waals surface area contributed by atoms with Crippen LogP contribution < -0.4 is 5.32 Å². The lowest BCUT2D eigenvalue weighted by Crippen LogP contribution is -2.11. The number of rotatable bonds is 3. The fraction of sp³-hybridized carbons (Fsp3) is 0.364. The van der Waals surface area contributed by atoms with Crippen molar-refractivity contribution in [2.24, 2.45) is 0 Å². The van der Waals surface area contributed by atoms with Gasteiger partial charge in [-0.15, -0.1) is 0 Å². The maximum atomic E-state index is 12.5. The van der Waals surface area contributed by atoms with Gasteiger partial charge in [0.1, 0.15) is 11.5 Å². The minimum absolute atomic E-state index is 0.0881. The molecule has 102 valence electrons. The van der Waals surface area contributed by atoms with Crippen LogP contribution in [0, 0.1) is 13.8 Å². The molecule has 2 heterocycles. The van der Waals surface area contributed by atoms with E-state index >= 15 is 0 Å². The summed E-state index contributed by atoms with van der Waals surface area (Å²) in [5.41, 5.74) is 0.474. The zero-order valence-electron chi connectivity index (χ0n) is 10.2. The van der Waals surface area contributed by atoms with Gasteiger partial charge in [-0.2, -0.15) is 13.2 Å². The molecule has 0 atom stereocenters. The van der Waals surface area contributed by atoms with Gasteiger partial charge < -0.3 is 9.84 Å². The van der Waals surface area contributed by atoms with E-state index in [4.69, 9.17) is 4.52 Å². The first-order chi connectivity index (χ1) is 8.88. The molecule has 2 aromatic rings. The quantitative estimate of drug-likeness (QED) is 0.930. The highest BCUT2D eigenvalue weighted by Gasteiger charge is 2.32. The van der Waals surface area contributed by atoms with Crippen molar-refractivity contribution >= 4 is 5.95 Å². The zero-order valence-corrected chi connectivity index (χ0v) is 10.2. The van der Waals surface area contributed by atoms with Crippen molar-refractivity contribution in [3.8, 4) is 0 Å². The van der Waals surface area contributed by atoms with Crippen molar-refractivity contribution in [3.05, 3.63) is 35.0 Å². The Labute approximate surface area is 106 Å². The summed E-state index contributed by atoms with van der Waals surface area (Å²) in [6.45, 7) is 3.73. The van der Waals surface area contributed by atoms with Crippen molar-refractivity contribution in [2.45, 2.75) is 26.6 Å². The molecule has 0 aromatic carbocycles. The van der Waals surface area contributed by atoms with Crippen molar-refractivity contribution in [1.29, 1.82) is 0 Å². The van der Waals surface area contributed by atoms with Crippen LogP contribution in [0.1, 0.15) is 22.7 Å². The maximum absolute atomic E-state index is 12.5. The van der Waals surface area contributed by atoms with Crippen molar-refractivity contribution in [2.75, 3.05) is 5.32 Å². The number of hydrogen-bond donors (Lipinski definition) is 1. The first kappa shape index (κ1) is 13.3. The predicted molar refractivity (Wildman–Crippen MR) is 60.3 cm³/mol. The Bertz CT molecular complexity index is 560. The van der Waals surface area contributed by atoms with E-state index in [1.165, 1.54) is 0 Å². The fourth-order valence-electron chi connectivity index (χ4n) is 1.52. The summed E-state index contributed by atoms with van der Waals surface area (Å²) in [5, 5.41) is 6.47. The Morgan fingerprint density at radius 2 is 2.05 bits per heavy atom. The third kappa shape index (κ3) is 3.01. The van der Waals surface area contributed by atoms with Crippen LogP contribution in [-0.2, 0) is 12.7 Å². The number of anilines is 1. The number of aromatic nitrogens is 3. The van der Waals surface area contributed by atoms with Crippen LogP contribution in [0.2, 0.25) is 0 Å². The van der Waals surface area contributed by atoms with Crippen LogP contribution >= 0.6 is 0 Å². The average Bonchev–Trinajstić information content (AvgIpc) is 2.66. The largest absolute Gasteiger partial charge is 0.433 e. The van der Waals surface area contributed by atoms with Gasteiger partial charge in [-0.25, -0.2) is 9.97 Å². The van der Waals surface area contributed by atoms with Crippen LogP contribution in [0.5, 0.6) is 0 Å². The molecule has 0 fully saturated rings. The number of alkyl halides is 3. The Morgan fingerprint density at radius 1 is 1.32 bits per heavy atom. The van der Waals surface area contributed by atoms with Crippen LogP contribution in [0.15, 0.2) is 16.8 Å². The van der Waals surface area contributed by atoms with Gasteiger partial charge in [0.2, 0.25) is 5.95 Å². The van der Waals surface area contributed by atoms with Gasteiger partial charge in [0.05, 0.1) is 5.69 Å². The van der Waals surface area contributed by atoms with Crippen molar-refractivity contribution in [1.82, 2.24) is 15.1 Å². The van der Waals surface area contributed by atoms with Gasteiger partial charge >= 0.3 is 6.18 Å². The lowest BCUT2D eigenvalue weighted by atomic mass is 10.2. The molecule has 2 aromatic heterocycles. The van der Waals surface area contributed by atoms with Crippen LogP contribution in [-0.4, -0.2) is 15.1 Å². The first-order valence-electron chi connectivity index (χ1n) is 5.44. The van der Waals surface area contributed by atoms with Crippen LogP contribution in [0.3, 0.4) is 0 Å². The zero-order chi connectivity index (χ0) is 14.0. The third-order valence-corrected chi connectivity index (χ3v) is 2.55. The number of halogens is 3. The summed E-state index contributed by atoms with van der Waals surface area (Å²) in [7, 11) is 0. The van der Waals surface area contributed by atoms with E-state index in [9.17, 15) is 13.2 Å². The molecular weight excluding hydrogens is 261 g/mol. The lowest BCUT2D eigenvalue weighted by molar-refractivity contribution is -0.141. The van der Waals surface area contributed by atoms with Gasteiger partial charge in [0.15, 0.2) is 0 Å². The monoisotopic (exact) mass is 272 g/mol. The molecule has 1 N–H and O–H groups in total. The second kappa shape index (κ2) is 4.87. The molecule has 19 heavy (non-hydrogen) atoms. The molecule has 0 saturated carbocycles. The van der Waals surface area contributed by atoms with E-state index in [0.717, 1.165) is 17.8 Å². The highest BCUT2D eigenvalue weighted by atomic mass is 19.4. The number of nitrogens with zero attached hydrogens (tertiary/aromatic N) is 3. The predicted octanol–water partition coefficient (Wildman–Crippen LogP) is 2.71. The van der Waals surface area contributed by atoms with E-state index in [1.807, 2.05) is 0 Å². The molecule has 2 rings (SSSR count). The van der Waals surface area contributed by atoms with Crippen molar-refractivity contribution < 1.29 is 17.7 Å². The molecule has 0 radical (unpaired) electrons. The number of nitrogens with one attached hydrogen (secondary N) is 1. The fourth-order valence-corrected chi connectivity index (χ4v) is 1.52. The normalized spacial score (nSPS) is 11.6. The van der Waals surface area contributed by atoms with Crippen LogP contribution in [0.25, 0.3) is 0 Å². The maximum Gasteiger partial charge on any atom is 0.433 e. The summed E-state index contributed by atoms with van der Waals surface area (Å²) in [6, 6.07) is 0.821. The van der Waals surface area contributed by atoms with Crippen molar-refractivity contribution in [3.63, 3.8) is 0 Å². The summed E-state index contributed by atoms with van der Waals surface area (Å²) >= 11 is 0. The smallest absolute Gasteiger partial charge is 0.361 e. The van der Waals surface area contributed by atoms with E-state index in [-0.39, 0.29) is 12.5 Å². The van der Waals surface area contributed by atoms with E-state index in [0.29, 0.717) is 11.5 Å². The second-order valence-corrected chi connectivity index (χ2v) is 3.92. The molecule has 0 aliphatic carbocycles. The number of hydrogen-bond acceptors (Lipinski definition) is 5. The molecule has 8 heteroatoms. The Morgan fingerprint density at radius 3 is 2.63 bits per heavy atom. The van der Waals surface area contributed by atoms with Gasteiger partial charge in [-0.1, -0.05) is 5.16 Å². The summed E-state index contributed by atoms with van der Waals surface area (Å²) in [5.74, 6) is 0.520. The highest BCUT2D eigenvalue weighted by Crippen LogP contribution is 2.27. The van der Waals surface area contributed by atoms with E-state index in [1.54, 1.807) is 13.8 Å². The van der Waals surface area contributed by atoms with E-state index < -0.39 is 11.9 Å². The number of aryl methyl sites for hydroxylation is 2. The minimum Gasteiger partial charge on any atom is -0.361 e. The summed E-state index contributed by atoms with van der Waals surface area (Å²) in [4.78, 5) is 7.14. The Balaban J connectivity index is 2.12. The molecule has 5 nitrogen and oxygen atoms in total. The molecule has 0 saturated heterocycles. The summed E-state index contributed by atoms with van der Waals surface area (Å²) < 4.78 is 42.4. The Hall–Kier alpha value is -2.12. The third-order valence-electron chi connectivity index (χ3n) is 2.55. The first-order valence-corrected chi connectivity index (χ1v) is 5.44. The van der Waals surface area contributed by atoms with Gasteiger partial charge in [0.25, 0.3) is 0 Å². The van der Waals surface area contributed by atoms with Gasteiger partial charge in [-0.3, -0.25) is 0 Å². The molecule has 0 aliphatic rings. The molecule has 0 bridgehead atoms. The lowest BCUT2D eigenvalue weighted by Gasteiger charge is -2.08. The standard InChI is InChI=1S/C11H11F3N4O/c1-6-8(7(2)19-18-6)5-16-10-15-4-3-9(17-10)11(12,13)14/h3-4H,5H2,1-2H3,(H,15,16,17). The molecule has 0 aliphatic heterocycles. The van der Waals surface area contributed by atoms with Gasteiger partial charge in [-0.05, 0) is 19.9 Å². The summed E-state index contributed by atoms with van der Waals surface area (Å²) in [6.07, 6.45) is -3.42. The average molecular weight is 272 g/mol. The molecule has 0 amide bonds. The SMILES string of the molecule is Cc1noc(C)c1CNc1nccc(C(F)(F)F)n1. The Kier molecular flexibility index (Phi) is 3.41. The molecular formula is C11H11F3N4O. The van der Waals surface area contributed by atoms with E-state index in [2.05, 4.69) is 20.4 Å². The highest BCUT2D eigenvalue weighted by molar-refractivity contribution is 5.31. The minimum atomic E-state index is -4.48. The second-order valence-electron chi connectivity index (χ2n) is 3.92. The topological polar surface area (TPSA) is 63.8 Å². The molecule has 0 spiro atoms.